The summed E-state index contributed by atoms with van der Waals surface area (Å²) in [4.78, 5) is 4.49. The second-order valence-electron chi connectivity index (χ2n) is 4.63. The third kappa shape index (κ3) is 2.54. The van der Waals surface area contributed by atoms with Crippen molar-refractivity contribution in [3.05, 3.63) is 64.3 Å². The number of rotatable bonds is 3. The van der Waals surface area contributed by atoms with Crippen LogP contribution >= 0.6 is 15.9 Å². The molecule has 20 heavy (non-hydrogen) atoms. The van der Waals surface area contributed by atoms with Crippen LogP contribution in [0.3, 0.4) is 0 Å². The van der Waals surface area contributed by atoms with E-state index in [2.05, 4.69) is 26.2 Å². The number of hydrogen-bond donors (Lipinski definition) is 1. The largest absolute Gasteiger partial charge is 0.379 e. The highest BCUT2D eigenvalue weighted by Gasteiger charge is 2.06. The number of fused-ring (bicyclic) bond motifs is 1. The van der Waals surface area contributed by atoms with Crippen molar-refractivity contribution in [3.63, 3.8) is 0 Å². The van der Waals surface area contributed by atoms with E-state index in [0.717, 1.165) is 22.6 Å². The van der Waals surface area contributed by atoms with E-state index < -0.39 is 0 Å². The number of hydrogen-bond acceptors (Lipinski definition) is 2. The number of benzene rings is 1. The first kappa shape index (κ1) is 13.1. The predicted molar refractivity (Wildman–Crippen MR) is 81.4 cm³/mol. The summed E-state index contributed by atoms with van der Waals surface area (Å²) in [5.41, 5.74) is 3.59. The highest BCUT2D eigenvalue weighted by molar-refractivity contribution is 9.10. The van der Waals surface area contributed by atoms with Crippen LogP contribution in [0.15, 0.2) is 47.2 Å². The standard InChI is InChI=1S/C15H13BrFN3/c1-10-6-12(16)13(17)7-14(10)18-8-11-9-20-5-3-2-4-15(20)19-11/h2-7,9,18H,8H2,1H3. The van der Waals surface area contributed by atoms with E-state index in [0.29, 0.717) is 11.0 Å². The molecule has 102 valence electrons. The number of aryl methyl sites for hydroxylation is 1. The lowest BCUT2D eigenvalue weighted by Gasteiger charge is -2.09. The molecule has 0 saturated carbocycles. The minimum Gasteiger partial charge on any atom is -0.379 e. The molecule has 2 heterocycles. The molecule has 3 nitrogen and oxygen atoms in total. The zero-order valence-corrected chi connectivity index (χ0v) is 12.5. The summed E-state index contributed by atoms with van der Waals surface area (Å²) in [6, 6.07) is 9.12. The van der Waals surface area contributed by atoms with Gasteiger partial charge in [0.25, 0.3) is 0 Å². The molecule has 1 N–H and O–H groups in total. The van der Waals surface area contributed by atoms with Gasteiger partial charge in [-0.1, -0.05) is 6.07 Å². The Labute approximate surface area is 124 Å². The lowest BCUT2D eigenvalue weighted by Crippen LogP contribution is -2.02. The topological polar surface area (TPSA) is 29.3 Å². The minimum absolute atomic E-state index is 0.270. The van der Waals surface area contributed by atoms with E-state index >= 15 is 0 Å². The Kier molecular flexibility index (Phi) is 3.44. The van der Waals surface area contributed by atoms with Crippen molar-refractivity contribution in [2.24, 2.45) is 0 Å². The van der Waals surface area contributed by atoms with Crippen LogP contribution in [-0.2, 0) is 6.54 Å². The number of nitrogens with zero attached hydrogens (tertiary/aromatic N) is 2. The van der Waals surface area contributed by atoms with E-state index in [-0.39, 0.29) is 5.82 Å². The van der Waals surface area contributed by atoms with Gasteiger partial charge in [-0.05, 0) is 52.7 Å². The molecule has 0 bridgehead atoms. The van der Waals surface area contributed by atoms with Gasteiger partial charge in [0.2, 0.25) is 0 Å². The van der Waals surface area contributed by atoms with Crippen LogP contribution in [0.4, 0.5) is 10.1 Å². The molecule has 3 aromatic rings. The summed E-state index contributed by atoms with van der Waals surface area (Å²) in [7, 11) is 0. The molecular formula is C15H13BrFN3. The molecule has 0 aliphatic rings. The summed E-state index contributed by atoms with van der Waals surface area (Å²) in [5, 5.41) is 3.22. The van der Waals surface area contributed by atoms with Crippen molar-refractivity contribution >= 4 is 27.3 Å². The monoisotopic (exact) mass is 333 g/mol. The molecule has 2 aromatic heterocycles. The van der Waals surface area contributed by atoms with E-state index in [9.17, 15) is 4.39 Å². The Morgan fingerprint density at radius 3 is 3.00 bits per heavy atom. The van der Waals surface area contributed by atoms with Gasteiger partial charge in [-0.3, -0.25) is 0 Å². The van der Waals surface area contributed by atoms with Gasteiger partial charge in [-0.15, -0.1) is 0 Å². The molecule has 0 radical (unpaired) electrons. The maximum Gasteiger partial charge on any atom is 0.139 e. The normalized spacial score (nSPS) is 10.9. The summed E-state index contributed by atoms with van der Waals surface area (Å²) in [6.45, 7) is 2.50. The lowest BCUT2D eigenvalue weighted by atomic mass is 10.2. The Morgan fingerprint density at radius 2 is 2.20 bits per heavy atom. The van der Waals surface area contributed by atoms with Gasteiger partial charge in [0.15, 0.2) is 0 Å². The van der Waals surface area contributed by atoms with Crippen LogP contribution < -0.4 is 5.32 Å². The smallest absolute Gasteiger partial charge is 0.139 e. The third-order valence-electron chi connectivity index (χ3n) is 3.14. The number of aromatic nitrogens is 2. The molecule has 5 heteroatoms. The molecule has 1 aromatic carbocycles. The number of anilines is 1. The second kappa shape index (κ2) is 5.25. The minimum atomic E-state index is -0.270. The van der Waals surface area contributed by atoms with Crippen LogP contribution in [0.5, 0.6) is 0 Å². The summed E-state index contributed by atoms with van der Waals surface area (Å²) >= 11 is 3.18. The van der Waals surface area contributed by atoms with Gasteiger partial charge in [0.1, 0.15) is 11.5 Å². The van der Waals surface area contributed by atoms with Crippen LogP contribution in [0.25, 0.3) is 5.65 Å². The van der Waals surface area contributed by atoms with E-state index in [1.165, 1.54) is 6.07 Å². The maximum atomic E-state index is 13.5. The number of halogens is 2. The van der Waals surface area contributed by atoms with Crippen LogP contribution in [0.2, 0.25) is 0 Å². The van der Waals surface area contributed by atoms with Crippen molar-refractivity contribution < 1.29 is 4.39 Å². The van der Waals surface area contributed by atoms with Gasteiger partial charge >= 0.3 is 0 Å². The van der Waals surface area contributed by atoms with Crippen molar-refractivity contribution in [2.75, 3.05) is 5.32 Å². The fourth-order valence-corrected chi connectivity index (χ4v) is 2.55. The molecule has 0 saturated heterocycles. The molecule has 3 rings (SSSR count). The fourth-order valence-electron chi connectivity index (χ4n) is 2.09. The van der Waals surface area contributed by atoms with Crippen molar-refractivity contribution in [1.29, 1.82) is 0 Å². The second-order valence-corrected chi connectivity index (χ2v) is 5.49. The lowest BCUT2D eigenvalue weighted by molar-refractivity contribution is 0.621. The van der Waals surface area contributed by atoms with Gasteiger partial charge in [0, 0.05) is 18.1 Å². The Balaban J connectivity index is 1.81. The van der Waals surface area contributed by atoms with Crippen molar-refractivity contribution in [1.82, 2.24) is 9.38 Å². The molecule has 0 amide bonds. The van der Waals surface area contributed by atoms with Crippen LogP contribution in [-0.4, -0.2) is 9.38 Å². The number of pyridine rings is 1. The first-order chi connectivity index (χ1) is 9.63. The molecule has 0 unspecified atom stereocenters. The Bertz CT molecular complexity index is 734. The zero-order valence-electron chi connectivity index (χ0n) is 10.9. The van der Waals surface area contributed by atoms with Crippen LogP contribution in [0, 0.1) is 12.7 Å². The quantitative estimate of drug-likeness (QED) is 0.779. The van der Waals surface area contributed by atoms with E-state index in [1.807, 2.05) is 41.9 Å². The first-order valence-corrected chi connectivity index (χ1v) is 7.05. The first-order valence-electron chi connectivity index (χ1n) is 6.25. The van der Waals surface area contributed by atoms with Crippen LogP contribution in [0.1, 0.15) is 11.3 Å². The zero-order chi connectivity index (χ0) is 14.1. The number of nitrogens with one attached hydrogen (secondary N) is 1. The highest BCUT2D eigenvalue weighted by atomic mass is 79.9. The van der Waals surface area contributed by atoms with E-state index in [4.69, 9.17) is 0 Å². The molecular weight excluding hydrogens is 321 g/mol. The van der Waals surface area contributed by atoms with Gasteiger partial charge in [-0.2, -0.15) is 0 Å². The molecule has 0 spiro atoms. The average Bonchev–Trinajstić information content (AvgIpc) is 2.84. The van der Waals surface area contributed by atoms with Gasteiger partial charge in [-0.25, -0.2) is 9.37 Å². The highest BCUT2D eigenvalue weighted by Crippen LogP contribution is 2.24. The molecule has 0 fully saturated rings. The summed E-state index contributed by atoms with van der Waals surface area (Å²) in [6.07, 6.45) is 3.92. The van der Waals surface area contributed by atoms with Gasteiger partial charge in [0.05, 0.1) is 16.7 Å². The van der Waals surface area contributed by atoms with Crippen molar-refractivity contribution in [2.45, 2.75) is 13.5 Å². The molecule has 0 aliphatic heterocycles. The molecule has 0 aliphatic carbocycles. The van der Waals surface area contributed by atoms with Gasteiger partial charge < -0.3 is 9.72 Å². The SMILES string of the molecule is Cc1cc(Br)c(F)cc1NCc1cn2ccccc2n1. The van der Waals surface area contributed by atoms with E-state index in [1.54, 1.807) is 6.07 Å². The predicted octanol–water partition coefficient (Wildman–Crippen LogP) is 4.16. The average molecular weight is 334 g/mol. The molecule has 0 atom stereocenters. The Morgan fingerprint density at radius 1 is 1.35 bits per heavy atom. The fraction of sp³-hybridized carbons (Fsp3) is 0.133. The third-order valence-corrected chi connectivity index (χ3v) is 3.75. The Hall–Kier alpha value is -1.88. The maximum absolute atomic E-state index is 13.5. The van der Waals surface area contributed by atoms with Crippen molar-refractivity contribution in [3.8, 4) is 0 Å². The summed E-state index contributed by atoms with van der Waals surface area (Å²) < 4.78 is 16.0. The number of imidazole rings is 1. The summed E-state index contributed by atoms with van der Waals surface area (Å²) in [5.74, 6) is -0.270.